The highest BCUT2D eigenvalue weighted by atomic mass is 32.2. The van der Waals surface area contributed by atoms with Gasteiger partial charge in [-0.05, 0) is 25.5 Å². The minimum absolute atomic E-state index is 0.175. The van der Waals surface area contributed by atoms with Crippen LogP contribution in [0.25, 0.3) is 0 Å². The molecule has 0 amide bonds. The van der Waals surface area contributed by atoms with Crippen molar-refractivity contribution in [2.45, 2.75) is 37.5 Å². The van der Waals surface area contributed by atoms with E-state index in [9.17, 15) is 4.79 Å². The molecule has 0 aliphatic carbocycles. The van der Waals surface area contributed by atoms with Crippen LogP contribution in [0.1, 0.15) is 26.2 Å². The fraction of sp³-hybridized carbons (Fsp3) is 0.900. The Balaban J connectivity index is 2.15. The second kappa shape index (κ2) is 6.30. The number of hydrogen-bond acceptors (Lipinski definition) is 4. The van der Waals surface area contributed by atoms with Crippen LogP contribution in [-0.4, -0.2) is 36.7 Å². The molecule has 0 aromatic heterocycles. The molecule has 2 unspecified atom stereocenters. The van der Waals surface area contributed by atoms with Gasteiger partial charge in [-0.1, -0.05) is 6.42 Å². The van der Waals surface area contributed by atoms with Crippen molar-refractivity contribution in [1.29, 1.82) is 0 Å². The van der Waals surface area contributed by atoms with Crippen LogP contribution in [0, 0.1) is 0 Å². The van der Waals surface area contributed by atoms with Gasteiger partial charge in [0.2, 0.25) is 0 Å². The van der Waals surface area contributed by atoms with E-state index >= 15 is 0 Å². The predicted molar refractivity (Wildman–Crippen MR) is 59.6 cm³/mol. The molecule has 3 nitrogen and oxygen atoms in total. The van der Waals surface area contributed by atoms with Gasteiger partial charge in [0.25, 0.3) is 0 Å². The molecule has 1 N–H and O–H groups in total. The first-order valence-corrected chi connectivity index (χ1v) is 6.21. The molecule has 1 fully saturated rings. The molecule has 0 saturated carbocycles. The lowest BCUT2D eigenvalue weighted by Gasteiger charge is -2.22. The summed E-state index contributed by atoms with van der Waals surface area (Å²) < 4.78 is 4.64. The van der Waals surface area contributed by atoms with Crippen molar-refractivity contribution in [3.8, 4) is 0 Å². The van der Waals surface area contributed by atoms with Gasteiger partial charge in [0, 0.05) is 11.8 Å². The Morgan fingerprint density at radius 2 is 2.43 bits per heavy atom. The van der Waals surface area contributed by atoms with Gasteiger partial charge in [-0.2, -0.15) is 11.8 Å². The van der Waals surface area contributed by atoms with E-state index in [-0.39, 0.29) is 12.0 Å². The number of carbonyl (C=O) groups excluding carboxylic acids is 1. The number of hydrogen-bond donors (Lipinski definition) is 1. The Labute approximate surface area is 90.0 Å². The van der Waals surface area contributed by atoms with Gasteiger partial charge in [0.05, 0.1) is 7.11 Å². The Kier molecular flexibility index (Phi) is 5.33. The van der Waals surface area contributed by atoms with Gasteiger partial charge in [-0.3, -0.25) is 4.79 Å². The SMILES string of the molecule is COC(=O)C(C)NCC1CCCCS1. The number of thioether (sulfide) groups is 1. The van der Waals surface area contributed by atoms with E-state index in [1.165, 1.54) is 32.1 Å². The van der Waals surface area contributed by atoms with Crippen LogP contribution in [0.5, 0.6) is 0 Å². The van der Waals surface area contributed by atoms with Crippen molar-refractivity contribution >= 4 is 17.7 Å². The summed E-state index contributed by atoms with van der Waals surface area (Å²) in [4.78, 5) is 11.1. The third-order valence-electron chi connectivity index (χ3n) is 2.48. The smallest absolute Gasteiger partial charge is 0.322 e. The van der Waals surface area contributed by atoms with Gasteiger partial charge in [0.1, 0.15) is 6.04 Å². The molecule has 1 aliphatic heterocycles. The molecule has 4 heteroatoms. The highest BCUT2D eigenvalue weighted by molar-refractivity contribution is 7.99. The van der Waals surface area contributed by atoms with E-state index in [4.69, 9.17) is 0 Å². The van der Waals surface area contributed by atoms with Crippen LogP contribution < -0.4 is 5.32 Å². The van der Waals surface area contributed by atoms with Crippen molar-refractivity contribution in [3.05, 3.63) is 0 Å². The monoisotopic (exact) mass is 217 g/mol. The van der Waals surface area contributed by atoms with Gasteiger partial charge in [-0.15, -0.1) is 0 Å². The maximum absolute atomic E-state index is 11.1. The number of ether oxygens (including phenoxy) is 1. The van der Waals surface area contributed by atoms with Crippen molar-refractivity contribution in [2.24, 2.45) is 0 Å². The molecule has 0 aromatic rings. The fourth-order valence-corrected chi connectivity index (χ4v) is 2.79. The van der Waals surface area contributed by atoms with Crippen LogP contribution >= 0.6 is 11.8 Å². The fourth-order valence-electron chi connectivity index (χ4n) is 1.54. The summed E-state index contributed by atoms with van der Waals surface area (Å²) in [5.41, 5.74) is 0. The van der Waals surface area contributed by atoms with Crippen LogP contribution in [0.15, 0.2) is 0 Å². The first-order valence-electron chi connectivity index (χ1n) is 5.17. The van der Waals surface area contributed by atoms with Crippen LogP contribution in [0.2, 0.25) is 0 Å². The largest absolute Gasteiger partial charge is 0.468 e. The lowest BCUT2D eigenvalue weighted by molar-refractivity contribution is -0.142. The van der Waals surface area contributed by atoms with Gasteiger partial charge in [0.15, 0.2) is 0 Å². The Morgan fingerprint density at radius 3 is 3.00 bits per heavy atom. The summed E-state index contributed by atoms with van der Waals surface area (Å²) in [7, 11) is 1.43. The normalized spacial score (nSPS) is 24.3. The molecule has 82 valence electrons. The number of rotatable bonds is 4. The molecule has 1 aliphatic rings. The van der Waals surface area contributed by atoms with E-state index in [1.54, 1.807) is 0 Å². The van der Waals surface area contributed by atoms with E-state index in [1.807, 2.05) is 18.7 Å². The summed E-state index contributed by atoms with van der Waals surface area (Å²) in [5.74, 6) is 1.09. The number of nitrogens with one attached hydrogen (secondary N) is 1. The molecular weight excluding hydrogens is 198 g/mol. The predicted octanol–water partition coefficient (Wildman–Crippen LogP) is 1.42. The van der Waals surface area contributed by atoms with Crippen LogP contribution in [-0.2, 0) is 9.53 Å². The minimum atomic E-state index is -0.178. The molecule has 14 heavy (non-hydrogen) atoms. The molecule has 0 spiro atoms. The summed E-state index contributed by atoms with van der Waals surface area (Å²) in [6.45, 7) is 2.76. The summed E-state index contributed by atoms with van der Waals surface area (Å²) in [6, 6.07) is -0.178. The molecular formula is C10H19NO2S. The lowest BCUT2D eigenvalue weighted by atomic mass is 10.2. The zero-order chi connectivity index (χ0) is 10.4. The van der Waals surface area contributed by atoms with Crippen molar-refractivity contribution in [3.63, 3.8) is 0 Å². The Hall–Kier alpha value is -0.220. The molecule has 0 radical (unpaired) electrons. The molecule has 0 aromatic carbocycles. The Morgan fingerprint density at radius 1 is 1.64 bits per heavy atom. The third-order valence-corrected chi connectivity index (χ3v) is 3.88. The first-order chi connectivity index (χ1) is 6.74. The minimum Gasteiger partial charge on any atom is -0.468 e. The van der Waals surface area contributed by atoms with Crippen LogP contribution in [0.4, 0.5) is 0 Å². The lowest BCUT2D eigenvalue weighted by Crippen LogP contribution is -2.39. The number of carbonyl (C=O) groups is 1. The maximum atomic E-state index is 11.1. The van der Waals surface area contributed by atoms with Gasteiger partial charge < -0.3 is 10.1 Å². The zero-order valence-electron chi connectivity index (χ0n) is 8.91. The van der Waals surface area contributed by atoms with Crippen molar-refractivity contribution in [2.75, 3.05) is 19.4 Å². The number of methoxy groups -OCH3 is 1. The molecule has 0 bridgehead atoms. The second-order valence-corrected chi connectivity index (χ2v) is 5.05. The summed E-state index contributed by atoms with van der Waals surface area (Å²) >= 11 is 2.01. The van der Waals surface area contributed by atoms with Crippen LogP contribution in [0.3, 0.4) is 0 Å². The standard InChI is InChI=1S/C10H19NO2S/c1-8(10(12)13-2)11-7-9-5-3-4-6-14-9/h8-9,11H,3-7H2,1-2H3. The highest BCUT2D eigenvalue weighted by Crippen LogP contribution is 2.24. The average Bonchev–Trinajstić information content (AvgIpc) is 2.26. The Bertz CT molecular complexity index is 181. The zero-order valence-corrected chi connectivity index (χ0v) is 9.73. The maximum Gasteiger partial charge on any atom is 0.322 e. The summed E-state index contributed by atoms with van der Waals surface area (Å²) in [6.07, 6.45) is 3.94. The number of esters is 1. The first kappa shape index (κ1) is 11.9. The van der Waals surface area contributed by atoms with Gasteiger partial charge >= 0.3 is 5.97 Å². The third kappa shape index (κ3) is 3.88. The van der Waals surface area contributed by atoms with Crippen molar-refractivity contribution in [1.82, 2.24) is 5.32 Å². The highest BCUT2D eigenvalue weighted by Gasteiger charge is 2.17. The van der Waals surface area contributed by atoms with E-state index in [0.29, 0.717) is 5.25 Å². The second-order valence-electron chi connectivity index (χ2n) is 3.64. The van der Waals surface area contributed by atoms with Crippen molar-refractivity contribution < 1.29 is 9.53 Å². The van der Waals surface area contributed by atoms with E-state index in [0.717, 1.165) is 6.54 Å². The average molecular weight is 217 g/mol. The molecule has 1 rings (SSSR count). The molecule has 1 heterocycles. The van der Waals surface area contributed by atoms with E-state index in [2.05, 4.69) is 10.1 Å². The summed E-state index contributed by atoms with van der Waals surface area (Å²) in [5, 5.41) is 3.88. The quantitative estimate of drug-likeness (QED) is 0.723. The molecule has 1 saturated heterocycles. The molecule has 2 atom stereocenters. The topological polar surface area (TPSA) is 38.3 Å². The van der Waals surface area contributed by atoms with E-state index < -0.39 is 0 Å². The van der Waals surface area contributed by atoms with Gasteiger partial charge in [-0.25, -0.2) is 0 Å².